The lowest BCUT2D eigenvalue weighted by molar-refractivity contribution is -0.132. The van der Waals surface area contributed by atoms with Gasteiger partial charge in [-0.05, 0) is 116 Å². The van der Waals surface area contributed by atoms with Crippen LogP contribution < -0.4 is 0 Å². The Morgan fingerprint density at radius 1 is 0.738 bits per heavy atom. The van der Waals surface area contributed by atoms with E-state index in [-0.39, 0.29) is 6.10 Å². The Morgan fingerprint density at radius 3 is 2.12 bits per heavy atom. The van der Waals surface area contributed by atoms with Gasteiger partial charge in [-0.15, -0.1) is 0 Å². The molecule has 0 saturated heterocycles. The molecule has 0 amide bonds. The summed E-state index contributed by atoms with van der Waals surface area (Å²) in [6, 6.07) is 0. The average Bonchev–Trinajstić information content (AvgIpc) is 3.31. The van der Waals surface area contributed by atoms with Crippen molar-refractivity contribution in [1.82, 2.24) is 0 Å². The molecule has 0 radical (unpaired) electrons. The summed E-state index contributed by atoms with van der Waals surface area (Å²) in [7, 11) is 0. The number of unbranched alkanes of at least 4 members (excludes halogenated alkanes) is 8. The average molecular weight is 587 g/mol. The van der Waals surface area contributed by atoms with Crippen LogP contribution in [0.4, 0.5) is 4.79 Å². The highest BCUT2D eigenvalue weighted by atomic mass is 16.7. The molecule has 4 fully saturated rings. The Hall–Kier alpha value is -0.730. The van der Waals surface area contributed by atoms with E-state index in [0.717, 1.165) is 61.2 Å². The Labute approximate surface area is 261 Å². The molecular weight excluding hydrogens is 516 g/mol. The van der Waals surface area contributed by atoms with E-state index in [1.54, 1.807) is 0 Å². The zero-order valence-corrected chi connectivity index (χ0v) is 28.9. The van der Waals surface area contributed by atoms with Crippen LogP contribution in [0, 0.1) is 52.3 Å². The summed E-state index contributed by atoms with van der Waals surface area (Å²) < 4.78 is 11.4. The first-order valence-corrected chi connectivity index (χ1v) is 19.0. The third-order valence-corrected chi connectivity index (χ3v) is 13.5. The Bertz CT molecular complexity index is 807. The molecule has 0 spiro atoms. The van der Waals surface area contributed by atoms with Gasteiger partial charge in [0.2, 0.25) is 0 Å². The molecule has 0 N–H and O–H groups in total. The summed E-state index contributed by atoms with van der Waals surface area (Å²) in [5, 5.41) is 0. The molecule has 0 aromatic rings. The van der Waals surface area contributed by atoms with Crippen LogP contribution in [0.3, 0.4) is 0 Å². The van der Waals surface area contributed by atoms with E-state index in [1.807, 2.05) is 0 Å². The number of rotatable bonds is 16. The zero-order valence-electron chi connectivity index (χ0n) is 28.9. The van der Waals surface area contributed by atoms with Gasteiger partial charge in [-0.1, -0.05) is 112 Å². The summed E-state index contributed by atoms with van der Waals surface area (Å²) in [4.78, 5) is 12.5. The van der Waals surface area contributed by atoms with Gasteiger partial charge in [0.05, 0.1) is 6.61 Å². The lowest BCUT2D eigenvalue weighted by Gasteiger charge is -2.61. The van der Waals surface area contributed by atoms with Crippen molar-refractivity contribution < 1.29 is 14.3 Å². The predicted octanol–water partition coefficient (Wildman–Crippen LogP) is 12.2. The van der Waals surface area contributed by atoms with E-state index in [0.29, 0.717) is 23.4 Å². The van der Waals surface area contributed by atoms with Crippen LogP contribution in [0.2, 0.25) is 0 Å². The van der Waals surface area contributed by atoms with Crippen molar-refractivity contribution in [3.63, 3.8) is 0 Å². The highest BCUT2D eigenvalue weighted by Crippen LogP contribution is 2.68. The maximum Gasteiger partial charge on any atom is 0.508 e. The Kier molecular flexibility index (Phi) is 13.0. The van der Waals surface area contributed by atoms with E-state index in [1.165, 1.54) is 109 Å². The van der Waals surface area contributed by atoms with Gasteiger partial charge in [0.15, 0.2) is 0 Å². The quantitative estimate of drug-likeness (QED) is 0.133. The van der Waals surface area contributed by atoms with Crippen LogP contribution >= 0.6 is 0 Å². The van der Waals surface area contributed by atoms with Crippen molar-refractivity contribution in [3.05, 3.63) is 0 Å². The fourth-order valence-corrected chi connectivity index (χ4v) is 11.1. The molecule has 3 nitrogen and oxygen atoms in total. The van der Waals surface area contributed by atoms with Crippen molar-refractivity contribution in [2.24, 2.45) is 52.3 Å². The molecule has 0 bridgehead atoms. The molecular formula is C39H70O3. The first-order chi connectivity index (χ1) is 20.2. The van der Waals surface area contributed by atoms with Crippen molar-refractivity contribution >= 4 is 6.16 Å². The minimum Gasteiger partial charge on any atom is -0.434 e. The Morgan fingerprint density at radius 2 is 1.40 bits per heavy atom. The van der Waals surface area contributed by atoms with Crippen LogP contribution in [0.1, 0.15) is 176 Å². The second-order valence-corrected chi connectivity index (χ2v) is 16.6. The summed E-state index contributed by atoms with van der Waals surface area (Å²) in [5.41, 5.74) is 1.01. The van der Waals surface area contributed by atoms with Crippen LogP contribution in [0.5, 0.6) is 0 Å². The molecule has 244 valence electrons. The van der Waals surface area contributed by atoms with E-state index in [4.69, 9.17) is 9.47 Å². The second-order valence-electron chi connectivity index (χ2n) is 16.6. The highest BCUT2D eigenvalue weighted by Gasteiger charge is 2.60. The second kappa shape index (κ2) is 16.0. The molecule has 9 atom stereocenters. The number of ether oxygens (including phenoxy) is 2. The summed E-state index contributed by atoms with van der Waals surface area (Å²) >= 11 is 0. The van der Waals surface area contributed by atoms with Crippen molar-refractivity contribution in [1.29, 1.82) is 0 Å². The summed E-state index contributed by atoms with van der Waals surface area (Å²) in [5.74, 6) is 6.11. The number of carbonyl (C=O) groups is 1. The first-order valence-electron chi connectivity index (χ1n) is 19.0. The Balaban J connectivity index is 1.19. The summed E-state index contributed by atoms with van der Waals surface area (Å²) in [6.45, 7) is 15.5. The standard InChI is InChI=1S/C39H70O3/c1-7-8-9-10-11-12-13-14-15-27-41-37(40)42-32-23-25-38(5)31(28-32)19-20-33-35-22-21-34(30(4)18-16-17-29(2)3)39(35,6)26-24-36(33)38/h29-36H,7-28H2,1-6H3/t30?,31?,32-,33?,34?,35?,36?,38-,39+/m0/s1. The number of carbonyl (C=O) groups excluding carboxylic acids is 1. The van der Waals surface area contributed by atoms with Gasteiger partial charge >= 0.3 is 6.16 Å². The minimum absolute atomic E-state index is 0.0617. The van der Waals surface area contributed by atoms with Crippen molar-refractivity contribution in [2.75, 3.05) is 6.61 Å². The van der Waals surface area contributed by atoms with Crippen molar-refractivity contribution in [2.45, 2.75) is 182 Å². The van der Waals surface area contributed by atoms with Crippen LogP contribution in [-0.2, 0) is 9.47 Å². The van der Waals surface area contributed by atoms with E-state index >= 15 is 0 Å². The fraction of sp³-hybridized carbons (Fsp3) is 0.974. The van der Waals surface area contributed by atoms with Gasteiger partial charge in [0.1, 0.15) is 6.10 Å². The molecule has 4 saturated carbocycles. The first kappa shape index (κ1) is 34.1. The third kappa shape index (κ3) is 8.29. The van der Waals surface area contributed by atoms with Crippen LogP contribution in [-0.4, -0.2) is 18.9 Å². The smallest absolute Gasteiger partial charge is 0.434 e. The van der Waals surface area contributed by atoms with Gasteiger partial charge in [-0.2, -0.15) is 0 Å². The molecule has 0 aromatic heterocycles. The molecule has 4 aliphatic rings. The van der Waals surface area contributed by atoms with Gasteiger partial charge < -0.3 is 9.47 Å². The van der Waals surface area contributed by atoms with Gasteiger partial charge in [0, 0.05) is 0 Å². The van der Waals surface area contributed by atoms with Crippen LogP contribution in [0.25, 0.3) is 0 Å². The van der Waals surface area contributed by atoms with Gasteiger partial charge in [-0.3, -0.25) is 0 Å². The molecule has 0 aromatic carbocycles. The maximum atomic E-state index is 12.5. The largest absolute Gasteiger partial charge is 0.508 e. The molecule has 6 unspecified atom stereocenters. The maximum absolute atomic E-state index is 12.5. The highest BCUT2D eigenvalue weighted by molar-refractivity contribution is 5.60. The molecule has 4 aliphatic carbocycles. The monoisotopic (exact) mass is 587 g/mol. The van der Waals surface area contributed by atoms with Gasteiger partial charge in [-0.25, -0.2) is 4.79 Å². The van der Waals surface area contributed by atoms with E-state index in [2.05, 4.69) is 41.5 Å². The number of hydrogen-bond acceptors (Lipinski definition) is 3. The topological polar surface area (TPSA) is 35.5 Å². The molecule has 3 heteroatoms. The third-order valence-electron chi connectivity index (χ3n) is 13.5. The minimum atomic E-state index is -0.412. The van der Waals surface area contributed by atoms with Crippen LogP contribution in [0.15, 0.2) is 0 Å². The molecule has 4 rings (SSSR count). The molecule has 42 heavy (non-hydrogen) atoms. The zero-order chi connectivity index (χ0) is 30.2. The molecule has 0 heterocycles. The SMILES string of the molecule is CCCCCCCCCCCOC(=O)O[C@H]1CC[C@@]2(C)C(CCC3C4CCC(C(C)CCCC(C)C)[C@@]4(C)CCC32)C1. The number of fused-ring (bicyclic) bond motifs is 5. The normalized spacial score (nSPS) is 36.6. The number of hydrogen-bond donors (Lipinski definition) is 0. The lowest BCUT2D eigenvalue weighted by Crippen LogP contribution is -2.54. The van der Waals surface area contributed by atoms with Crippen molar-refractivity contribution in [3.8, 4) is 0 Å². The predicted molar refractivity (Wildman–Crippen MR) is 177 cm³/mol. The van der Waals surface area contributed by atoms with E-state index in [9.17, 15) is 4.79 Å². The summed E-state index contributed by atoms with van der Waals surface area (Å²) in [6.07, 6.45) is 27.3. The van der Waals surface area contributed by atoms with Gasteiger partial charge in [0.25, 0.3) is 0 Å². The van der Waals surface area contributed by atoms with E-state index < -0.39 is 6.16 Å². The molecule has 0 aliphatic heterocycles. The fourth-order valence-electron chi connectivity index (χ4n) is 11.1. The lowest BCUT2D eigenvalue weighted by atomic mass is 9.44.